The molecule has 0 spiro atoms. The molecule has 2 aromatic rings. The zero-order valence-corrected chi connectivity index (χ0v) is 13.4. The van der Waals surface area contributed by atoms with Gasteiger partial charge in [-0.2, -0.15) is 18.3 Å². The Bertz CT molecular complexity index is 694. The average molecular weight is 386 g/mol. The smallest absolute Gasteiger partial charge is 0.263 e. The fourth-order valence-electron chi connectivity index (χ4n) is 2.16. The van der Waals surface area contributed by atoms with Crippen LogP contribution < -0.4 is 0 Å². The van der Waals surface area contributed by atoms with Crippen LogP contribution in [0.3, 0.4) is 0 Å². The molecular formula is C13H10BrClF4N2. The maximum absolute atomic E-state index is 14.0. The molecule has 8 heteroatoms. The molecule has 0 amide bonds. The van der Waals surface area contributed by atoms with Crippen LogP contribution in [0, 0.1) is 12.7 Å². The van der Waals surface area contributed by atoms with Gasteiger partial charge in [-0.3, -0.25) is 4.68 Å². The second kappa shape index (κ2) is 5.61. The number of benzene rings is 1. The van der Waals surface area contributed by atoms with Crippen molar-refractivity contribution < 1.29 is 17.6 Å². The second-order valence-electron chi connectivity index (χ2n) is 4.50. The van der Waals surface area contributed by atoms with Gasteiger partial charge < -0.3 is 0 Å². The molecule has 0 aliphatic heterocycles. The fourth-order valence-corrected chi connectivity index (χ4v) is 3.00. The summed E-state index contributed by atoms with van der Waals surface area (Å²) in [5.74, 6) is -0.709. The zero-order chi connectivity index (χ0) is 15.9. The molecule has 0 fully saturated rings. The first kappa shape index (κ1) is 16.3. The van der Waals surface area contributed by atoms with Crippen LogP contribution in [0.15, 0.2) is 12.1 Å². The molecule has 0 aliphatic rings. The third kappa shape index (κ3) is 2.94. The maximum Gasteiger partial charge on any atom is 0.433 e. The average Bonchev–Trinajstić information content (AvgIpc) is 2.64. The Kier molecular flexibility index (Phi) is 4.35. The van der Waals surface area contributed by atoms with E-state index < -0.39 is 17.7 Å². The van der Waals surface area contributed by atoms with Crippen molar-refractivity contribution >= 4 is 27.5 Å². The van der Waals surface area contributed by atoms with Crippen LogP contribution in [0.1, 0.15) is 16.8 Å². The topological polar surface area (TPSA) is 17.8 Å². The molecule has 1 heterocycles. The highest BCUT2D eigenvalue weighted by Crippen LogP contribution is 2.37. The van der Waals surface area contributed by atoms with Gasteiger partial charge in [-0.25, -0.2) is 4.39 Å². The number of hydrogen-bond donors (Lipinski definition) is 0. The molecule has 0 atom stereocenters. The molecule has 0 saturated carbocycles. The van der Waals surface area contributed by atoms with E-state index in [0.29, 0.717) is 15.6 Å². The number of alkyl halides is 4. The highest BCUT2D eigenvalue weighted by atomic mass is 79.9. The third-order valence-corrected chi connectivity index (χ3v) is 4.04. The number of halogens is 6. The summed E-state index contributed by atoms with van der Waals surface area (Å²) >= 11 is 9.06. The van der Waals surface area contributed by atoms with Gasteiger partial charge in [0.2, 0.25) is 0 Å². The summed E-state index contributed by atoms with van der Waals surface area (Å²) in [6.45, 7) is 1.27. The standard InChI is InChI=1S/C13H10BrClF4N2/c1-6-11(20-21(2)12(6)13(17,18)19)8-3-7(5-14)9(15)4-10(8)16/h3-4H,5H2,1-2H3. The summed E-state index contributed by atoms with van der Waals surface area (Å²) in [6.07, 6.45) is -4.55. The van der Waals surface area contributed by atoms with Crippen LogP contribution >= 0.6 is 27.5 Å². The van der Waals surface area contributed by atoms with E-state index in [2.05, 4.69) is 21.0 Å². The van der Waals surface area contributed by atoms with Crippen molar-refractivity contribution in [3.8, 4) is 11.3 Å². The van der Waals surface area contributed by atoms with Crippen LogP contribution in [0.4, 0.5) is 17.6 Å². The van der Waals surface area contributed by atoms with E-state index in [4.69, 9.17) is 11.6 Å². The fraction of sp³-hybridized carbons (Fsp3) is 0.308. The minimum atomic E-state index is -4.55. The maximum atomic E-state index is 14.0. The first-order chi connectivity index (χ1) is 9.66. The minimum absolute atomic E-state index is 0.00236. The number of nitrogens with zero attached hydrogens (tertiary/aromatic N) is 2. The van der Waals surface area contributed by atoms with Crippen molar-refractivity contribution in [2.75, 3.05) is 0 Å². The zero-order valence-electron chi connectivity index (χ0n) is 11.0. The van der Waals surface area contributed by atoms with Gasteiger partial charge in [-0.05, 0) is 24.6 Å². The van der Waals surface area contributed by atoms with E-state index in [-0.39, 0.29) is 21.8 Å². The van der Waals surface area contributed by atoms with Crippen LogP contribution in [0.2, 0.25) is 5.02 Å². The SMILES string of the molecule is Cc1c(-c2cc(CBr)c(Cl)cc2F)nn(C)c1C(F)(F)F. The van der Waals surface area contributed by atoms with Gasteiger partial charge in [-0.15, -0.1) is 0 Å². The van der Waals surface area contributed by atoms with Gasteiger partial charge >= 0.3 is 6.18 Å². The quantitative estimate of drug-likeness (QED) is 0.519. The predicted molar refractivity (Wildman–Crippen MR) is 76.0 cm³/mol. The van der Waals surface area contributed by atoms with Crippen molar-refractivity contribution in [2.24, 2.45) is 7.05 Å². The molecule has 0 aliphatic carbocycles. The highest BCUT2D eigenvalue weighted by molar-refractivity contribution is 9.08. The van der Waals surface area contributed by atoms with Gasteiger partial charge in [0.05, 0.1) is 5.69 Å². The Labute approximate surface area is 131 Å². The largest absolute Gasteiger partial charge is 0.433 e. The number of aryl methyl sites for hydroxylation is 1. The van der Waals surface area contributed by atoms with E-state index in [1.807, 2.05) is 0 Å². The van der Waals surface area contributed by atoms with Crippen molar-refractivity contribution in [1.82, 2.24) is 9.78 Å². The highest BCUT2D eigenvalue weighted by Gasteiger charge is 2.38. The summed E-state index contributed by atoms with van der Waals surface area (Å²) in [4.78, 5) is 0. The molecule has 0 N–H and O–H groups in total. The van der Waals surface area contributed by atoms with Gasteiger partial charge in [0, 0.05) is 28.5 Å². The number of rotatable bonds is 2. The Morgan fingerprint density at radius 2 is 1.95 bits per heavy atom. The molecule has 1 aromatic heterocycles. The van der Waals surface area contributed by atoms with Gasteiger partial charge in [0.25, 0.3) is 0 Å². The van der Waals surface area contributed by atoms with Gasteiger partial charge in [0.1, 0.15) is 11.5 Å². The summed E-state index contributed by atoms with van der Waals surface area (Å²) in [7, 11) is 1.18. The predicted octanol–water partition coefficient (Wildman–Crippen LogP) is 5.10. The lowest BCUT2D eigenvalue weighted by atomic mass is 10.0. The molecule has 21 heavy (non-hydrogen) atoms. The molecule has 0 bridgehead atoms. The molecule has 0 saturated heterocycles. The van der Waals surface area contributed by atoms with Crippen LogP contribution in [-0.2, 0) is 18.6 Å². The molecule has 0 radical (unpaired) electrons. The Morgan fingerprint density at radius 1 is 1.33 bits per heavy atom. The summed E-state index contributed by atoms with van der Waals surface area (Å²) in [6, 6.07) is 2.48. The van der Waals surface area contributed by atoms with Crippen molar-refractivity contribution in [1.29, 1.82) is 0 Å². The minimum Gasteiger partial charge on any atom is -0.263 e. The molecular weight excluding hydrogens is 376 g/mol. The lowest BCUT2D eigenvalue weighted by Gasteiger charge is -2.08. The third-order valence-electron chi connectivity index (χ3n) is 3.09. The van der Waals surface area contributed by atoms with Crippen molar-refractivity contribution in [3.05, 3.63) is 39.8 Å². The van der Waals surface area contributed by atoms with Crippen LogP contribution in [0.5, 0.6) is 0 Å². The van der Waals surface area contributed by atoms with Crippen LogP contribution in [-0.4, -0.2) is 9.78 Å². The molecule has 2 rings (SSSR count). The van der Waals surface area contributed by atoms with E-state index >= 15 is 0 Å². The second-order valence-corrected chi connectivity index (χ2v) is 5.47. The van der Waals surface area contributed by atoms with E-state index in [1.165, 1.54) is 20.0 Å². The molecule has 0 unspecified atom stereocenters. The molecule has 114 valence electrons. The van der Waals surface area contributed by atoms with Crippen molar-refractivity contribution in [3.63, 3.8) is 0 Å². The van der Waals surface area contributed by atoms with E-state index in [9.17, 15) is 17.6 Å². The normalized spacial score (nSPS) is 12.0. The Hall–Kier alpha value is -1.08. The Morgan fingerprint density at radius 3 is 2.43 bits per heavy atom. The summed E-state index contributed by atoms with van der Waals surface area (Å²) in [5.41, 5.74) is -0.482. The Balaban J connectivity index is 2.69. The molecule has 2 nitrogen and oxygen atoms in total. The first-order valence-electron chi connectivity index (χ1n) is 5.81. The van der Waals surface area contributed by atoms with Crippen LogP contribution in [0.25, 0.3) is 11.3 Å². The summed E-state index contributed by atoms with van der Waals surface area (Å²) in [5, 5.41) is 4.38. The summed E-state index contributed by atoms with van der Waals surface area (Å²) < 4.78 is 53.7. The van der Waals surface area contributed by atoms with Gasteiger partial charge in [-0.1, -0.05) is 27.5 Å². The van der Waals surface area contributed by atoms with E-state index in [0.717, 1.165) is 6.07 Å². The van der Waals surface area contributed by atoms with E-state index in [1.54, 1.807) is 0 Å². The number of hydrogen-bond acceptors (Lipinski definition) is 1. The first-order valence-corrected chi connectivity index (χ1v) is 7.31. The number of aromatic nitrogens is 2. The molecule has 1 aromatic carbocycles. The van der Waals surface area contributed by atoms with Gasteiger partial charge in [0.15, 0.2) is 0 Å². The lowest BCUT2D eigenvalue weighted by molar-refractivity contribution is -0.144. The monoisotopic (exact) mass is 384 g/mol. The van der Waals surface area contributed by atoms with Crippen molar-refractivity contribution in [2.45, 2.75) is 18.4 Å². The lowest BCUT2D eigenvalue weighted by Crippen LogP contribution is -2.13.